The topological polar surface area (TPSA) is 47.3 Å². The van der Waals surface area contributed by atoms with Crippen molar-refractivity contribution in [1.29, 1.82) is 5.26 Å². The summed E-state index contributed by atoms with van der Waals surface area (Å²) in [5.41, 5.74) is 1.69. The zero-order valence-electron chi connectivity index (χ0n) is 9.44. The minimum Gasteiger partial charge on any atom is -0.392 e. The van der Waals surface area contributed by atoms with Crippen LogP contribution in [0.2, 0.25) is 5.02 Å². The van der Waals surface area contributed by atoms with Gasteiger partial charge in [0.2, 0.25) is 0 Å². The van der Waals surface area contributed by atoms with E-state index >= 15 is 0 Å². The summed E-state index contributed by atoms with van der Waals surface area (Å²) in [5.74, 6) is -0.0489. The van der Waals surface area contributed by atoms with Gasteiger partial charge in [-0.15, -0.1) is 0 Å². The van der Waals surface area contributed by atoms with Gasteiger partial charge < -0.3 is 10.0 Å². The molecule has 1 atom stereocenters. The predicted molar refractivity (Wildman–Crippen MR) is 65.4 cm³/mol. The normalized spacial score (nSPS) is 11.9. The molecule has 3 nitrogen and oxygen atoms in total. The maximum absolute atomic E-state index is 9.23. The van der Waals surface area contributed by atoms with Crippen molar-refractivity contribution in [2.45, 2.75) is 13.5 Å². The summed E-state index contributed by atoms with van der Waals surface area (Å²) in [6.45, 7) is 2.44. The number of hydrogen-bond acceptors (Lipinski definition) is 3. The van der Waals surface area contributed by atoms with E-state index in [-0.39, 0.29) is 12.5 Å². The molecule has 0 radical (unpaired) electrons. The van der Waals surface area contributed by atoms with Crippen molar-refractivity contribution in [2.24, 2.45) is 5.92 Å². The number of anilines is 1. The van der Waals surface area contributed by atoms with Gasteiger partial charge in [-0.3, -0.25) is 0 Å². The third-order valence-electron chi connectivity index (χ3n) is 2.39. The summed E-state index contributed by atoms with van der Waals surface area (Å²) in [5, 5.41) is 18.6. The van der Waals surface area contributed by atoms with E-state index in [1.165, 1.54) is 0 Å². The first-order valence-electron chi connectivity index (χ1n) is 5.08. The lowest BCUT2D eigenvalue weighted by Crippen LogP contribution is -2.24. The Labute approximate surface area is 101 Å². The number of aliphatic hydroxyl groups is 1. The van der Waals surface area contributed by atoms with Crippen LogP contribution in [0.3, 0.4) is 0 Å². The summed E-state index contributed by atoms with van der Waals surface area (Å²) in [4.78, 5) is 1.95. The molecular weight excluding hydrogens is 224 g/mol. The monoisotopic (exact) mass is 238 g/mol. The van der Waals surface area contributed by atoms with Crippen LogP contribution >= 0.6 is 11.6 Å². The van der Waals surface area contributed by atoms with Gasteiger partial charge in [0, 0.05) is 29.9 Å². The quantitative estimate of drug-likeness (QED) is 0.877. The van der Waals surface area contributed by atoms with Gasteiger partial charge in [-0.05, 0) is 25.1 Å². The van der Waals surface area contributed by atoms with Crippen LogP contribution in [0.15, 0.2) is 18.2 Å². The minimum absolute atomic E-state index is 0.0489. The molecule has 86 valence electrons. The van der Waals surface area contributed by atoms with Gasteiger partial charge in [-0.2, -0.15) is 5.26 Å². The Hall–Kier alpha value is -1.24. The first-order chi connectivity index (χ1) is 7.58. The Bertz CT molecular complexity index is 400. The van der Waals surface area contributed by atoms with Crippen LogP contribution in [-0.4, -0.2) is 18.7 Å². The SMILES string of the molecule is CC(C#N)CN(C)c1ccc(Cl)cc1CO. The van der Waals surface area contributed by atoms with Crippen molar-refractivity contribution in [3.63, 3.8) is 0 Å². The fourth-order valence-electron chi connectivity index (χ4n) is 1.60. The molecule has 16 heavy (non-hydrogen) atoms. The molecule has 0 saturated carbocycles. The Morgan fingerprint density at radius 2 is 2.25 bits per heavy atom. The first-order valence-corrected chi connectivity index (χ1v) is 5.46. The summed E-state index contributed by atoms with van der Waals surface area (Å²) < 4.78 is 0. The molecule has 0 spiro atoms. The van der Waals surface area contributed by atoms with E-state index in [2.05, 4.69) is 6.07 Å². The Morgan fingerprint density at radius 1 is 1.56 bits per heavy atom. The second kappa shape index (κ2) is 5.74. The predicted octanol–water partition coefficient (Wildman–Crippen LogP) is 2.43. The molecule has 0 amide bonds. The molecule has 1 rings (SSSR count). The second-order valence-electron chi connectivity index (χ2n) is 3.84. The van der Waals surface area contributed by atoms with E-state index in [4.69, 9.17) is 16.9 Å². The van der Waals surface area contributed by atoms with Gasteiger partial charge in [0.1, 0.15) is 0 Å². The first kappa shape index (κ1) is 12.8. The number of rotatable bonds is 4. The van der Waals surface area contributed by atoms with Crippen LogP contribution in [0, 0.1) is 17.2 Å². The highest BCUT2D eigenvalue weighted by Crippen LogP contribution is 2.24. The van der Waals surface area contributed by atoms with Gasteiger partial charge in [0.05, 0.1) is 18.6 Å². The molecule has 0 fully saturated rings. The number of aliphatic hydroxyl groups excluding tert-OH is 1. The lowest BCUT2D eigenvalue weighted by Gasteiger charge is -2.23. The third kappa shape index (κ3) is 3.13. The van der Waals surface area contributed by atoms with Crippen molar-refractivity contribution in [2.75, 3.05) is 18.5 Å². The van der Waals surface area contributed by atoms with E-state index in [0.29, 0.717) is 11.6 Å². The van der Waals surface area contributed by atoms with E-state index < -0.39 is 0 Å². The van der Waals surface area contributed by atoms with E-state index in [0.717, 1.165) is 11.3 Å². The highest BCUT2D eigenvalue weighted by atomic mass is 35.5. The molecular formula is C12H15ClN2O. The summed E-state index contributed by atoms with van der Waals surface area (Å²) in [6, 6.07) is 7.57. The number of nitrogens with zero attached hydrogens (tertiary/aromatic N) is 2. The van der Waals surface area contributed by atoms with Crippen molar-refractivity contribution in [3.05, 3.63) is 28.8 Å². The Kier molecular flexibility index (Phi) is 4.60. The molecule has 0 saturated heterocycles. The average Bonchev–Trinajstić information content (AvgIpc) is 2.28. The molecule has 1 aromatic rings. The highest BCUT2D eigenvalue weighted by Gasteiger charge is 2.10. The van der Waals surface area contributed by atoms with E-state index in [1.807, 2.05) is 24.9 Å². The molecule has 0 heterocycles. The lowest BCUT2D eigenvalue weighted by atomic mass is 10.1. The summed E-state index contributed by atoms with van der Waals surface area (Å²) in [7, 11) is 1.90. The zero-order valence-corrected chi connectivity index (χ0v) is 10.2. The highest BCUT2D eigenvalue weighted by molar-refractivity contribution is 6.30. The zero-order chi connectivity index (χ0) is 12.1. The Balaban J connectivity index is 2.91. The maximum atomic E-state index is 9.23. The Morgan fingerprint density at radius 3 is 2.81 bits per heavy atom. The molecule has 0 aliphatic heterocycles. The molecule has 4 heteroatoms. The fourth-order valence-corrected chi connectivity index (χ4v) is 1.80. The molecule has 1 N–H and O–H groups in total. The van der Waals surface area contributed by atoms with Crippen molar-refractivity contribution in [3.8, 4) is 6.07 Å². The van der Waals surface area contributed by atoms with Crippen LogP contribution < -0.4 is 4.90 Å². The minimum atomic E-state index is -0.0544. The van der Waals surface area contributed by atoms with E-state index in [1.54, 1.807) is 12.1 Å². The van der Waals surface area contributed by atoms with Crippen molar-refractivity contribution < 1.29 is 5.11 Å². The molecule has 1 unspecified atom stereocenters. The smallest absolute Gasteiger partial charge is 0.0702 e. The summed E-state index contributed by atoms with van der Waals surface area (Å²) in [6.07, 6.45) is 0. The number of halogens is 1. The van der Waals surface area contributed by atoms with Crippen LogP contribution in [0.4, 0.5) is 5.69 Å². The standard InChI is InChI=1S/C12H15ClN2O/c1-9(6-14)7-15(2)12-4-3-11(13)5-10(12)8-16/h3-5,9,16H,7-8H2,1-2H3. The molecule has 0 aromatic heterocycles. The lowest BCUT2D eigenvalue weighted by molar-refractivity contribution is 0.282. The van der Waals surface area contributed by atoms with Crippen LogP contribution in [0.25, 0.3) is 0 Å². The molecule has 0 aliphatic carbocycles. The van der Waals surface area contributed by atoms with Crippen LogP contribution in [0.5, 0.6) is 0 Å². The van der Waals surface area contributed by atoms with Gasteiger partial charge in [-0.1, -0.05) is 11.6 Å². The van der Waals surface area contributed by atoms with Crippen molar-refractivity contribution >= 4 is 17.3 Å². The third-order valence-corrected chi connectivity index (χ3v) is 2.63. The van der Waals surface area contributed by atoms with Gasteiger partial charge in [0.15, 0.2) is 0 Å². The van der Waals surface area contributed by atoms with Gasteiger partial charge >= 0.3 is 0 Å². The van der Waals surface area contributed by atoms with E-state index in [9.17, 15) is 5.11 Å². The fraction of sp³-hybridized carbons (Fsp3) is 0.417. The number of hydrogen-bond donors (Lipinski definition) is 1. The van der Waals surface area contributed by atoms with Crippen LogP contribution in [0.1, 0.15) is 12.5 Å². The van der Waals surface area contributed by atoms with Gasteiger partial charge in [0.25, 0.3) is 0 Å². The second-order valence-corrected chi connectivity index (χ2v) is 4.28. The number of benzene rings is 1. The molecule has 0 bridgehead atoms. The number of nitriles is 1. The summed E-state index contributed by atoms with van der Waals surface area (Å²) >= 11 is 5.85. The molecule has 1 aromatic carbocycles. The molecule has 0 aliphatic rings. The maximum Gasteiger partial charge on any atom is 0.0702 e. The largest absolute Gasteiger partial charge is 0.392 e. The average molecular weight is 239 g/mol. The van der Waals surface area contributed by atoms with Crippen molar-refractivity contribution in [1.82, 2.24) is 0 Å². The van der Waals surface area contributed by atoms with Crippen LogP contribution in [-0.2, 0) is 6.61 Å². The van der Waals surface area contributed by atoms with Gasteiger partial charge in [-0.25, -0.2) is 0 Å².